The second-order valence-electron chi connectivity index (χ2n) is 7.18. The SMILES string of the molecule is CN=C(NCCCCN(C)C(C)C)N1CCN(c2ccccc2Cl)CC1. The van der Waals surface area contributed by atoms with Crippen LogP contribution < -0.4 is 10.2 Å². The number of aliphatic imine (C=N–C) groups is 1. The van der Waals surface area contributed by atoms with Crippen molar-refractivity contribution in [3.8, 4) is 0 Å². The average Bonchev–Trinajstić information content (AvgIpc) is 2.65. The molecule has 1 fully saturated rings. The molecule has 1 aromatic carbocycles. The van der Waals surface area contributed by atoms with Crippen molar-refractivity contribution in [2.45, 2.75) is 32.7 Å². The van der Waals surface area contributed by atoms with Gasteiger partial charge in [-0.3, -0.25) is 4.99 Å². The lowest BCUT2D eigenvalue weighted by atomic mass is 10.2. The summed E-state index contributed by atoms with van der Waals surface area (Å²) >= 11 is 6.33. The number of rotatable bonds is 7. The smallest absolute Gasteiger partial charge is 0.193 e. The van der Waals surface area contributed by atoms with Gasteiger partial charge in [-0.2, -0.15) is 0 Å². The maximum atomic E-state index is 6.33. The summed E-state index contributed by atoms with van der Waals surface area (Å²) in [6.45, 7) is 10.4. The van der Waals surface area contributed by atoms with Crippen LogP contribution in [0.1, 0.15) is 26.7 Å². The van der Waals surface area contributed by atoms with Gasteiger partial charge in [-0.05, 0) is 52.4 Å². The molecule has 146 valence electrons. The van der Waals surface area contributed by atoms with Crippen LogP contribution >= 0.6 is 11.6 Å². The third kappa shape index (κ3) is 6.06. The van der Waals surface area contributed by atoms with E-state index in [4.69, 9.17) is 11.6 Å². The van der Waals surface area contributed by atoms with Crippen molar-refractivity contribution >= 4 is 23.2 Å². The number of nitrogens with one attached hydrogen (secondary N) is 1. The highest BCUT2D eigenvalue weighted by molar-refractivity contribution is 6.33. The van der Waals surface area contributed by atoms with Gasteiger partial charge in [-0.15, -0.1) is 0 Å². The van der Waals surface area contributed by atoms with Gasteiger partial charge in [0.2, 0.25) is 0 Å². The Labute approximate surface area is 164 Å². The first-order valence-electron chi connectivity index (χ1n) is 9.68. The Morgan fingerprint density at radius 3 is 2.50 bits per heavy atom. The molecule has 0 aliphatic carbocycles. The maximum absolute atomic E-state index is 6.33. The molecule has 1 aliphatic rings. The highest BCUT2D eigenvalue weighted by atomic mass is 35.5. The lowest BCUT2D eigenvalue weighted by Gasteiger charge is -2.38. The van der Waals surface area contributed by atoms with E-state index in [1.54, 1.807) is 0 Å². The Balaban J connectivity index is 1.72. The van der Waals surface area contributed by atoms with E-state index in [9.17, 15) is 0 Å². The van der Waals surface area contributed by atoms with Crippen LogP contribution in [-0.2, 0) is 0 Å². The normalized spacial score (nSPS) is 15.9. The van der Waals surface area contributed by atoms with Crippen LogP contribution in [-0.4, -0.2) is 75.2 Å². The first-order chi connectivity index (χ1) is 12.5. The van der Waals surface area contributed by atoms with Crippen LogP contribution in [0.2, 0.25) is 5.02 Å². The molecular weight excluding hydrogens is 346 g/mol. The fourth-order valence-corrected chi connectivity index (χ4v) is 3.40. The van der Waals surface area contributed by atoms with Crippen LogP contribution in [0.25, 0.3) is 0 Å². The number of unbranched alkanes of at least 4 members (excludes halogenated alkanes) is 1. The predicted molar refractivity (Wildman–Crippen MR) is 114 cm³/mol. The molecule has 0 unspecified atom stereocenters. The van der Waals surface area contributed by atoms with Crippen molar-refractivity contribution in [1.29, 1.82) is 0 Å². The summed E-state index contributed by atoms with van der Waals surface area (Å²) < 4.78 is 0. The second-order valence-corrected chi connectivity index (χ2v) is 7.59. The lowest BCUT2D eigenvalue weighted by Crippen LogP contribution is -2.52. The van der Waals surface area contributed by atoms with E-state index in [2.05, 4.69) is 52.0 Å². The van der Waals surface area contributed by atoms with Crippen molar-refractivity contribution < 1.29 is 0 Å². The molecule has 0 radical (unpaired) electrons. The van der Waals surface area contributed by atoms with Gasteiger partial charge in [0.15, 0.2) is 5.96 Å². The molecule has 1 saturated heterocycles. The molecule has 0 spiro atoms. The number of piperazine rings is 1. The lowest BCUT2D eigenvalue weighted by molar-refractivity contribution is 0.268. The van der Waals surface area contributed by atoms with Crippen LogP contribution in [0.3, 0.4) is 0 Å². The van der Waals surface area contributed by atoms with Crippen molar-refractivity contribution in [2.24, 2.45) is 4.99 Å². The Bertz CT molecular complexity index is 567. The first kappa shape index (κ1) is 20.8. The predicted octanol–water partition coefficient (Wildman–Crippen LogP) is 3.16. The fourth-order valence-electron chi connectivity index (χ4n) is 3.14. The number of halogens is 1. The topological polar surface area (TPSA) is 34.1 Å². The molecule has 6 heteroatoms. The average molecular weight is 380 g/mol. The third-order valence-corrected chi connectivity index (χ3v) is 5.41. The van der Waals surface area contributed by atoms with Gasteiger partial charge in [0.25, 0.3) is 0 Å². The van der Waals surface area contributed by atoms with E-state index >= 15 is 0 Å². The maximum Gasteiger partial charge on any atom is 0.193 e. The van der Waals surface area contributed by atoms with Crippen molar-refractivity contribution in [3.05, 3.63) is 29.3 Å². The summed E-state index contributed by atoms with van der Waals surface area (Å²) in [5.41, 5.74) is 1.13. The van der Waals surface area contributed by atoms with Gasteiger partial charge >= 0.3 is 0 Å². The molecule has 0 saturated carbocycles. The Morgan fingerprint density at radius 1 is 1.19 bits per heavy atom. The fraction of sp³-hybridized carbons (Fsp3) is 0.650. The highest BCUT2D eigenvalue weighted by Gasteiger charge is 2.20. The van der Waals surface area contributed by atoms with Gasteiger partial charge in [-0.1, -0.05) is 23.7 Å². The first-order valence-corrected chi connectivity index (χ1v) is 10.1. The van der Waals surface area contributed by atoms with E-state index in [0.29, 0.717) is 6.04 Å². The Morgan fingerprint density at radius 2 is 1.88 bits per heavy atom. The molecule has 0 aromatic heterocycles. The molecule has 0 atom stereocenters. The molecule has 26 heavy (non-hydrogen) atoms. The number of nitrogens with zero attached hydrogens (tertiary/aromatic N) is 4. The zero-order chi connectivity index (χ0) is 18.9. The number of para-hydroxylation sites is 1. The van der Waals surface area contributed by atoms with Crippen LogP contribution in [0.15, 0.2) is 29.3 Å². The van der Waals surface area contributed by atoms with Crippen molar-refractivity contribution in [1.82, 2.24) is 15.1 Å². The third-order valence-electron chi connectivity index (χ3n) is 5.09. The minimum absolute atomic E-state index is 0.616. The summed E-state index contributed by atoms with van der Waals surface area (Å²) in [5, 5.41) is 4.35. The van der Waals surface area contributed by atoms with E-state index in [1.807, 2.05) is 25.2 Å². The largest absolute Gasteiger partial charge is 0.367 e. The monoisotopic (exact) mass is 379 g/mol. The van der Waals surface area contributed by atoms with Gasteiger partial charge in [0.1, 0.15) is 0 Å². The van der Waals surface area contributed by atoms with Gasteiger partial charge in [0.05, 0.1) is 10.7 Å². The van der Waals surface area contributed by atoms with E-state index in [-0.39, 0.29) is 0 Å². The van der Waals surface area contributed by atoms with Crippen LogP contribution in [0.5, 0.6) is 0 Å². The van der Waals surface area contributed by atoms with Crippen LogP contribution in [0, 0.1) is 0 Å². The highest BCUT2D eigenvalue weighted by Crippen LogP contribution is 2.25. The van der Waals surface area contributed by atoms with Crippen LogP contribution in [0.4, 0.5) is 5.69 Å². The van der Waals surface area contributed by atoms with Gasteiger partial charge in [0, 0.05) is 45.8 Å². The Kier molecular flexibility index (Phi) is 8.52. The van der Waals surface area contributed by atoms with Gasteiger partial charge in [-0.25, -0.2) is 0 Å². The van der Waals surface area contributed by atoms with Gasteiger partial charge < -0.3 is 20.0 Å². The number of guanidine groups is 1. The zero-order valence-electron chi connectivity index (χ0n) is 16.7. The molecule has 0 bridgehead atoms. The molecule has 0 amide bonds. The second kappa shape index (κ2) is 10.6. The molecule has 1 N–H and O–H groups in total. The van der Waals surface area contributed by atoms with Crippen molar-refractivity contribution in [2.75, 3.05) is 58.3 Å². The number of hydrogen-bond donors (Lipinski definition) is 1. The van der Waals surface area contributed by atoms with E-state index in [1.165, 1.54) is 6.42 Å². The number of benzene rings is 1. The minimum atomic E-state index is 0.616. The summed E-state index contributed by atoms with van der Waals surface area (Å²) in [4.78, 5) is 11.6. The summed E-state index contributed by atoms with van der Waals surface area (Å²) in [5.74, 6) is 1.01. The number of anilines is 1. The summed E-state index contributed by atoms with van der Waals surface area (Å²) in [7, 11) is 4.06. The molecule has 1 aromatic rings. The number of hydrogen-bond acceptors (Lipinski definition) is 3. The quantitative estimate of drug-likeness (QED) is 0.448. The molecule has 1 heterocycles. The standard InChI is InChI=1S/C20H34ClN5/c1-17(2)24(4)12-8-7-11-23-20(22-3)26-15-13-25(14-16-26)19-10-6-5-9-18(19)21/h5-6,9-10,17H,7-8,11-16H2,1-4H3,(H,22,23). The molecule has 2 rings (SSSR count). The van der Waals surface area contributed by atoms with Crippen molar-refractivity contribution in [3.63, 3.8) is 0 Å². The zero-order valence-corrected chi connectivity index (χ0v) is 17.5. The minimum Gasteiger partial charge on any atom is -0.367 e. The molecule has 5 nitrogen and oxygen atoms in total. The summed E-state index contributed by atoms with van der Waals surface area (Å²) in [6.07, 6.45) is 2.37. The van der Waals surface area contributed by atoms with E-state index < -0.39 is 0 Å². The van der Waals surface area contributed by atoms with E-state index in [0.717, 1.165) is 62.4 Å². The molecular formula is C20H34ClN5. The molecule has 1 aliphatic heterocycles. The summed E-state index contributed by atoms with van der Waals surface area (Å²) in [6, 6.07) is 8.70. The Hall–Kier alpha value is -1.46.